The summed E-state index contributed by atoms with van der Waals surface area (Å²) >= 11 is 0. The molecule has 0 aliphatic carbocycles. The maximum atomic E-state index is 10.8. The second kappa shape index (κ2) is 13.3. The topological polar surface area (TPSA) is 79.2 Å². The molecule has 0 amide bonds. The van der Waals surface area contributed by atoms with Crippen LogP contribution in [-0.4, -0.2) is 54.5 Å². The zero-order valence-electron chi connectivity index (χ0n) is 23.0. The molecule has 3 rings (SSSR count). The molecule has 38 heavy (non-hydrogen) atoms. The number of nitrogens with zero attached hydrogens (tertiary/aromatic N) is 1. The van der Waals surface area contributed by atoms with Gasteiger partial charge in [0, 0.05) is 13.1 Å². The van der Waals surface area contributed by atoms with E-state index in [0.29, 0.717) is 24.7 Å². The van der Waals surface area contributed by atoms with Crippen molar-refractivity contribution in [3.63, 3.8) is 0 Å². The molecule has 0 fully saturated rings. The van der Waals surface area contributed by atoms with Crippen molar-refractivity contribution in [2.45, 2.75) is 39.7 Å². The van der Waals surface area contributed by atoms with E-state index in [2.05, 4.69) is 80.3 Å². The number of rotatable bonds is 12. The number of carboxylic acids is 1. The van der Waals surface area contributed by atoms with E-state index in [4.69, 9.17) is 14.6 Å². The van der Waals surface area contributed by atoms with E-state index in [1.165, 1.54) is 11.1 Å². The Bertz CT molecular complexity index is 1220. The number of aliphatic carboxylic acids is 1. The first-order valence-corrected chi connectivity index (χ1v) is 12.8. The van der Waals surface area contributed by atoms with Gasteiger partial charge in [-0.25, -0.2) is 4.79 Å². The van der Waals surface area contributed by atoms with Crippen LogP contribution >= 0.6 is 0 Å². The van der Waals surface area contributed by atoms with Crippen LogP contribution < -0.4 is 9.47 Å². The fourth-order valence-corrected chi connectivity index (χ4v) is 4.14. The van der Waals surface area contributed by atoms with Crippen molar-refractivity contribution in [3.8, 4) is 11.5 Å². The standard InChI is InChI=1S/C32H39NO5/c1-23-20-28(14-15-30(23)38-22-31(35)36)37-19-16-29(26-10-12-27(13-11-26)32(2,3)4)25-8-6-24(7-9-25)21-33(5)17-18-34/h6-16,20,34H,17-19,21-22H2,1-5H3,(H,35,36)/b29-16+. The minimum atomic E-state index is -1.01. The molecule has 3 aromatic carbocycles. The molecule has 0 heterocycles. The number of hydrogen-bond donors (Lipinski definition) is 2. The Morgan fingerprint density at radius 1 is 0.947 bits per heavy atom. The zero-order valence-corrected chi connectivity index (χ0v) is 23.0. The molecule has 0 atom stereocenters. The van der Waals surface area contributed by atoms with Gasteiger partial charge < -0.3 is 19.7 Å². The lowest BCUT2D eigenvalue weighted by Gasteiger charge is -2.20. The first-order chi connectivity index (χ1) is 18.1. The van der Waals surface area contributed by atoms with Crippen molar-refractivity contribution in [1.29, 1.82) is 0 Å². The molecule has 0 radical (unpaired) electrons. The number of aliphatic hydroxyl groups is 1. The first-order valence-electron chi connectivity index (χ1n) is 12.8. The Hall–Kier alpha value is -3.61. The zero-order chi connectivity index (χ0) is 27.7. The average Bonchev–Trinajstić information content (AvgIpc) is 2.86. The van der Waals surface area contributed by atoms with Crippen LogP contribution in [0.3, 0.4) is 0 Å². The molecule has 6 heteroatoms. The van der Waals surface area contributed by atoms with E-state index >= 15 is 0 Å². The van der Waals surface area contributed by atoms with E-state index < -0.39 is 5.97 Å². The second-order valence-corrected chi connectivity index (χ2v) is 10.5. The quantitative estimate of drug-likeness (QED) is 0.321. The van der Waals surface area contributed by atoms with Crippen molar-refractivity contribution in [2.75, 3.05) is 33.4 Å². The van der Waals surface area contributed by atoms with Crippen molar-refractivity contribution < 1.29 is 24.5 Å². The van der Waals surface area contributed by atoms with E-state index in [-0.39, 0.29) is 18.6 Å². The summed E-state index contributed by atoms with van der Waals surface area (Å²) in [6.45, 7) is 10.0. The van der Waals surface area contributed by atoms with Gasteiger partial charge in [0.2, 0.25) is 0 Å². The number of aliphatic hydroxyl groups excluding tert-OH is 1. The Morgan fingerprint density at radius 2 is 1.58 bits per heavy atom. The molecule has 202 valence electrons. The molecule has 3 aromatic rings. The summed E-state index contributed by atoms with van der Waals surface area (Å²) in [6.07, 6.45) is 2.09. The normalized spacial score (nSPS) is 12.0. The van der Waals surface area contributed by atoms with E-state index in [1.807, 2.05) is 20.0 Å². The summed E-state index contributed by atoms with van der Waals surface area (Å²) in [6, 6.07) is 22.6. The fraction of sp³-hybridized carbons (Fsp3) is 0.344. The SMILES string of the molecule is Cc1cc(OC/C=C(\c2ccc(CN(C)CCO)cc2)c2ccc(C(C)(C)C)cc2)ccc1OCC(=O)O. The van der Waals surface area contributed by atoms with Gasteiger partial charge in [0.1, 0.15) is 18.1 Å². The Morgan fingerprint density at radius 3 is 2.13 bits per heavy atom. The van der Waals surface area contributed by atoms with Gasteiger partial charge in [-0.05, 0) is 77.1 Å². The molecule has 0 bridgehead atoms. The van der Waals surface area contributed by atoms with Crippen molar-refractivity contribution in [2.24, 2.45) is 0 Å². The summed E-state index contributed by atoms with van der Waals surface area (Å²) in [4.78, 5) is 12.9. The summed E-state index contributed by atoms with van der Waals surface area (Å²) in [5.41, 5.74) is 6.64. The van der Waals surface area contributed by atoms with Gasteiger partial charge in [0.15, 0.2) is 6.61 Å². The van der Waals surface area contributed by atoms with Crippen LogP contribution in [0.4, 0.5) is 0 Å². The van der Waals surface area contributed by atoms with Crippen LogP contribution in [0, 0.1) is 6.92 Å². The number of likely N-dealkylation sites (N-methyl/N-ethyl adjacent to an activating group) is 1. The van der Waals surface area contributed by atoms with Crippen molar-refractivity contribution in [1.82, 2.24) is 4.90 Å². The molecule has 0 aliphatic heterocycles. The van der Waals surface area contributed by atoms with E-state index in [9.17, 15) is 9.90 Å². The van der Waals surface area contributed by atoms with Crippen LogP contribution in [0.15, 0.2) is 72.8 Å². The Balaban J connectivity index is 1.82. The highest BCUT2D eigenvalue weighted by molar-refractivity contribution is 5.80. The Kier molecular flexibility index (Phi) is 10.1. The van der Waals surface area contributed by atoms with Crippen LogP contribution in [0.25, 0.3) is 5.57 Å². The second-order valence-electron chi connectivity index (χ2n) is 10.5. The molecule has 0 unspecified atom stereocenters. The van der Waals surface area contributed by atoms with Gasteiger partial charge in [0.05, 0.1) is 6.61 Å². The lowest BCUT2D eigenvalue weighted by molar-refractivity contribution is -0.139. The molecule has 6 nitrogen and oxygen atoms in total. The predicted octanol–water partition coefficient (Wildman–Crippen LogP) is 5.69. The number of benzene rings is 3. The molecule has 0 saturated carbocycles. The maximum absolute atomic E-state index is 10.8. The van der Waals surface area contributed by atoms with Gasteiger partial charge >= 0.3 is 5.97 Å². The number of carbonyl (C=O) groups is 1. The third-order valence-corrected chi connectivity index (χ3v) is 6.30. The molecular weight excluding hydrogens is 478 g/mol. The molecule has 0 aliphatic rings. The number of hydrogen-bond acceptors (Lipinski definition) is 5. The van der Waals surface area contributed by atoms with Crippen molar-refractivity contribution in [3.05, 3.63) is 101 Å². The summed E-state index contributed by atoms with van der Waals surface area (Å²) in [5, 5.41) is 18.0. The molecule has 0 saturated heterocycles. The van der Waals surface area contributed by atoms with Crippen LogP contribution in [0.1, 0.15) is 48.6 Å². The van der Waals surface area contributed by atoms with E-state index in [1.54, 1.807) is 12.1 Å². The van der Waals surface area contributed by atoms with E-state index in [0.717, 1.165) is 28.8 Å². The number of aryl methyl sites for hydroxylation is 1. The molecular formula is C32H39NO5. The third-order valence-electron chi connectivity index (χ3n) is 6.30. The highest BCUT2D eigenvalue weighted by atomic mass is 16.5. The van der Waals surface area contributed by atoms with Crippen LogP contribution in [-0.2, 0) is 16.8 Å². The largest absolute Gasteiger partial charge is 0.489 e. The van der Waals surface area contributed by atoms with Crippen molar-refractivity contribution >= 4 is 11.5 Å². The van der Waals surface area contributed by atoms with Crippen LogP contribution in [0.2, 0.25) is 0 Å². The minimum Gasteiger partial charge on any atom is -0.489 e. The monoisotopic (exact) mass is 517 g/mol. The fourth-order valence-electron chi connectivity index (χ4n) is 4.14. The Labute approximate surface area is 226 Å². The number of carboxylic acid groups (broad SMARTS) is 1. The van der Waals surface area contributed by atoms with Gasteiger partial charge in [-0.1, -0.05) is 69.3 Å². The first kappa shape index (κ1) is 29.0. The molecule has 0 aromatic heterocycles. The predicted molar refractivity (Wildman–Crippen MR) is 152 cm³/mol. The lowest BCUT2D eigenvalue weighted by atomic mass is 9.85. The average molecular weight is 518 g/mol. The molecule has 2 N–H and O–H groups in total. The smallest absolute Gasteiger partial charge is 0.341 e. The minimum absolute atomic E-state index is 0.0754. The van der Waals surface area contributed by atoms with Gasteiger partial charge in [-0.2, -0.15) is 0 Å². The molecule has 0 spiro atoms. The summed E-state index contributed by atoms with van der Waals surface area (Å²) in [5.74, 6) is 0.203. The highest BCUT2D eigenvalue weighted by Gasteiger charge is 2.14. The number of ether oxygens (including phenoxy) is 2. The maximum Gasteiger partial charge on any atom is 0.341 e. The third kappa shape index (κ3) is 8.47. The lowest BCUT2D eigenvalue weighted by Crippen LogP contribution is -2.21. The van der Waals surface area contributed by atoms with Gasteiger partial charge in [-0.3, -0.25) is 4.90 Å². The summed E-state index contributed by atoms with van der Waals surface area (Å²) in [7, 11) is 2.00. The highest BCUT2D eigenvalue weighted by Crippen LogP contribution is 2.29. The summed E-state index contributed by atoms with van der Waals surface area (Å²) < 4.78 is 11.4. The van der Waals surface area contributed by atoms with Crippen LogP contribution in [0.5, 0.6) is 11.5 Å². The van der Waals surface area contributed by atoms with Gasteiger partial charge in [-0.15, -0.1) is 0 Å². The van der Waals surface area contributed by atoms with Gasteiger partial charge in [0.25, 0.3) is 0 Å².